The van der Waals surface area contributed by atoms with E-state index in [-0.39, 0.29) is 6.61 Å². The minimum Gasteiger partial charge on any atom is -0.423 e. The van der Waals surface area contributed by atoms with Crippen LogP contribution in [0.5, 0.6) is 0 Å². The fourth-order valence-electron chi connectivity index (χ4n) is 0.986. The lowest BCUT2D eigenvalue weighted by Crippen LogP contribution is -2.29. The van der Waals surface area contributed by atoms with E-state index in [9.17, 15) is 0 Å². The van der Waals surface area contributed by atoms with Crippen molar-refractivity contribution >= 4 is 12.6 Å². The van der Waals surface area contributed by atoms with Crippen molar-refractivity contribution < 1.29 is 15.2 Å². The minimum atomic E-state index is -1.41. The molecule has 0 aliphatic rings. The second-order valence-electron chi connectivity index (χ2n) is 2.59. The Kier molecular flexibility index (Phi) is 3.28. The lowest BCUT2D eigenvalue weighted by molar-refractivity contribution is 0.299. The highest BCUT2D eigenvalue weighted by Crippen LogP contribution is 1.97. The van der Waals surface area contributed by atoms with Gasteiger partial charge in [-0.3, -0.25) is 0 Å². The molecule has 12 heavy (non-hydrogen) atoms. The van der Waals surface area contributed by atoms with Crippen molar-refractivity contribution in [3.63, 3.8) is 0 Å². The molecule has 0 radical (unpaired) electrons. The van der Waals surface area contributed by atoms with Gasteiger partial charge < -0.3 is 15.2 Å². The van der Waals surface area contributed by atoms with Crippen LogP contribution in [0.15, 0.2) is 24.3 Å². The van der Waals surface area contributed by atoms with Crippen LogP contribution in [0, 0.1) is 0 Å². The maximum absolute atomic E-state index is 8.75. The fraction of sp³-hybridized carbons (Fsp3) is 0.250. The smallest absolute Gasteiger partial charge is 0.423 e. The summed E-state index contributed by atoms with van der Waals surface area (Å²) in [6.45, 7) is 0.112. The first-order valence-corrected chi connectivity index (χ1v) is 3.80. The van der Waals surface area contributed by atoms with Gasteiger partial charge in [-0.25, -0.2) is 0 Å². The van der Waals surface area contributed by atoms with Crippen LogP contribution in [-0.2, 0) is 6.42 Å². The molecule has 0 bridgehead atoms. The SMILES string of the molecule is OCCc1ccc(B(O)O)cc1. The molecule has 0 aliphatic heterocycles. The Morgan fingerprint density at radius 2 is 1.67 bits per heavy atom. The van der Waals surface area contributed by atoms with E-state index in [4.69, 9.17) is 15.2 Å². The molecular formula is C8H11BO3. The standard InChI is InChI=1S/C8H11BO3/c10-6-5-7-1-3-8(4-2-7)9(11)12/h1-4,10-12H,5-6H2. The Morgan fingerprint density at radius 3 is 2.08 bits per heavy atom. The van der Waals surface area contributed by atoms with Crippen molar-refractivity contribution in [2.24, 2.45) is 0 Å². The summed E-state index contributed by atoms with van der Waals surface area (Å²) < 4.78 is 0. The largest absolute Gasteiger partial charge is 0.488 e. The summed E-state index contributed by atoms with van der Waals surface area (Å²) in [4.78, 5) is 0. The molecule has 0 unspecified atom stereocenters. The van der Waals surface area contributed by atoms with Crippen LogP contribution in [0.25, 0.3) is 0 Å². The average Bonchev–Trinajstić information content (AvgIpc) is 2.06. The maximum atomic E-state index is 8.75. The van der Waals surface area contributed by atoms with Gasteiger partial charge in [-0.05, 0) is 17.4 Å². The predicted molar refractivity (Wildman–Crippen MR) is 47.1 cm³/mol. The number of rotatable bonds is 3. The molecule has 1 aromatic carbocycles. The number of hydrogen-bond acceptors (Lipinski definition) is 3. The van der Waals surface area contributed by atoms with Crippen molar-refractivity contribution in [3.8, 4) is 0 Å². The zero-order valence-electron chi connectivity index (χ0n) is 6.64. The van der Waals surface area contributed by atoms with E-state index in [1.165, 1.54) is 0 Å². The van der Waals surface area contributed by atoms with Crippen LogP contribution in [0.1, 0.15) is 5.56 Å². The van der Waals surface area contributed by atoms with Crippen molar-refractivity contribution in [3.05, 3.63) is 29.8 Å². The van der Waals surface area contributed by atoms with E-state index < -0.39 is 7.12 Å². The van der Waals surface area contributed by atoms with Crippen LogP contribution < -0.4 is 5.46 Å². The van der Waals surface area contributed by atoms with Gasteiger partial charge in [0, 0.05) is 6.61 Å². The predicted octanol–water partition coefficient (Wildman–Crippen LogP) is -1.10. The van der Waals surface area contributed by atoms with Gasteiger partial charge in [0.1, 0.15) is 0 Å². The maximum Gasteiger partial charge on any atom is 0.488 e. The molecule has 0 aromatic heterocycles. The third-order valence-electron chi connectivity index (χ3n) is 1.68. The minimum absolute atomic E-state index is 0.112. The zero-order valence-corrected chi connectivity index (χ0v) is 6.64. The first kappa shape index (κ1) is 9.25. The summed E-state index contributed by atoms with van der Waals surface area (Å²) in [7, 11) is -1.41. The van der Waals surface area contributed by atoms with Crippen LogP contribution in [0.3, 0.4) is 0 Å². The normalized spacial score (nSPS) is 9.92. The summed E-state index contributed by atoms with van der Waals surface area (Å²) in [5, 5.41) is 26.1. The van der Waals surface area contributed by atoms with Gasteiger partial charge in [-0.2, -0.15) is 0 Å². The molecule has 3 N–H and O–H groups in total. The number of hydrogen-bond donors (Lipinski definition) is 3. The van der Waals surface area contributed by atoms with Crippen LogP contribution >= 0.6 is 0 Å². The van der Waals surface area contributed by atoms with E-state index in [2.05, 4.69) is 0 Å². The molecule has 4 heteroatoms. The third kappa shape index (κ3) is 2.34. The second kappa shape index (κ2) is 4.26. The van der Waals surface area contributed by atoms with Gasteiger partial charge in [0.25, 0.3) is 0 Å². The number of aliphatic hydroxyl groups is 1. The van der Waals surface area contributed by atoms with E-state index in [1.807, 2.05) is 0 Å². The first-order chi connectivity index (χ1) is 5.74. The molecule has 0 aliphatic carbocycles. The van der Waals surface area contributed by atoms with Gasteiger partial charge in [-0.1, -0.05) is 24.3 Å². The summed E-state index contributed by atoms with van der Waals surface area (Å²) >= 11 is 0. The Labute approximate surface area is 71.4 Å². The third-order valence-corrected chi connectivity index (χ3v) is 1.68. The van der Waals surface area contributed by atoms with Crippen molar-refractivity contribution in [2.75, 3.05) is 6.61 Å². The molecule has 1 aromatic rings. The molecule has 0 spiro atoms. The molecule has 1 rings (SSSR count). The van der Waals surface area contributed by atoms with Crippen LogP contribution in [0.2, 0.25) is 0 Å². The first-order valence-electron chi connectivity index (χ1n) is 3.80. The zero-order chi connectivity index (χ0) is 8.97. The molecule has 0 atom stereocenters. The molecule has 0 fully saturated rings. The van der Waals surface area contributed by atoms with Gasteiger partial charge in [-0.15, -0.1) is 0 Å². The van der Waals surface area contributed by atoms with E-state index in [1.54, 1.807) is 24.3 Å². The lowest BCUT2D eigenvalue weighted by Gasteiger charge is -2.00. The molecular weight excluding hydrogens is 155 g/mol. The van der Waals surface area contributed by atoms with Crippen molar-refractivity contribution in [2.45, 2.75) is 6.42 Å². The Hall–Kier alpha value is -0.835. The molecule has 0 saturated heterocycles. The summed E-state index contributed by atoms with van der Waals surface area (Å²) in [6.07, 6.45) is 0.599. The number of benzene rings is 1. The Morgan fingerprint density at radius 1 is 1.08 bits per heavy atom. The molecule has 0 amide bonds. The highest BCUT2D eigenvalue weighted by atomic mass is 16.4. The fourth-order valence-corrected chi connectivity index (χ4v) is 0.986. The quantitative estimate of drug-likeness (QED) is 0.499. The van der Waals surface area contributed by atoms with Crippen LogP contribution in [-0.4, -0.2) is 28.9 Å². The van der Waals surface area contributed by atoms with Crippen molar-refractivity contribution in [1.29, 1.82) is 0 Å². The van der Waals surface area contributed by atoms with Gasteiger partial charge in [0.2, 0.25) is 0 Å². The molecule has 0 saturated carbocycles. The lowest BCUT2D eigenvalue weighted by atomic mass is 9.80. The summed E-state index contributed by atoms with van der Waals surface area (Å²) in [5.74, 6) is 0. The van der Waals surface area contributed by atoms with Crippen molar-refractivity contribution in [1.82, 2.24) is 0 Å². The van der Waals surface area contributed by atoms with E-state index >= 15 is 0 Å². The average molecular weight is 166 g/mol. The van der Waals surface area contributed by atoms with Gasteiger partial charge in [0.15, 0.2) is 0 Å². The second-order valence-corrected chi connectivity index (χ2v) is 2.59. The van der Waals surface area contributed by atoms with Gasteiger partial charge >= 0.3 is 7.12 Å². The summed E-state index contributed by atoms with van der Waals surface area (Å²) in [5.41, 5.74) is 1.46. The molecule has 0 heterocycles. The topological polar surface area (TPSA) is 60.7 Å². The molecule has 64 valence electrons. The summed E-state index contributed by atoms with van der Waals surface area (Å²) in [6, 6.07) is 6.81. The molecule has 3 nitrogen and oxygen atoms in total. The monoisotopic (exact) mass is 166 g/mol. The highest BCUT2D eigenvalue weighted by Gasteiger charge is 2.09. The highest BCUT2D eigenvalue weighted by molar-refractivity contribution is 6.58. The van der Waals surface area contributed by atoms with Crippen LogP contribution in [0.4, 0.5) is 0 Å². The Balaban J connectivity index is 2.71. The van der Waals surface area contributed by atoms with E-state index in [0.717, 1.165) is 5.56 Å². The van der Waals surface area contributed by atoms with Gasteiger partial charge in [0.05, 0.1) is 0 Å². The van der Waals surface area contributed by atoms with E-state index in [0.29, 0.717) is 11.9 Å². The number of aliphatic hydroxyl groups excluding tert-OH is 1. The Bertz CT molecular complexity index is 233.